The van der Waals surface area contributed by atoms with Gasteiger partial charge in [-0.15, -0.1) is 0 Å². The molecule has 2 rings (SSSR count). The van der Waals surface area contributed by atoms with E-state index in [0.717, 1.165) is 0 Å². The Bertz CT molecular complexity index is 452. The summed E-state index contributed by atoms with van der Waals surface area (Å²) in [5.74, 6) is -1.51. The second-order valence-electron chi connectivity index (χ2n) is 4.90. The van der Waals surface area contributed by atoms with Crippen molar-refractivity contribution in [1.82, 2.24) is 0 Å². The van der Waals surface area contributed by atoms with Crippen molar-refractivity contribution in [2.24, 2.45) is 0 Å². The Morgan fingerprint density at radius 1 is 1.31 bits per heavy atom. The Kier molecular flexibility index (Phi) is 2.23. The smallest absolute Gasteiger partial charge is 0.217 e. The minimum absolute atomic E-state index is 0.0647. The number of ether oxygens (including phenoxy) is 1. The molecule has 0 aromatic heterocycles. The third kappa shape index (κ3) is 1.47. The van der Waals surface area contributed by atoms with Crippen LogP contribution in [-0.4, -0.2) is 22.3 Å². The van der Waals surface area contributed by atoms with Crippen LogP contribution in [0.3, 0.4) is 0 Å². The molecule has 0 saturated heterocycles. The van der Waals surface area contributed by atoms with Gasteiger partial charge in [0.1, 0.15) is 0 Å². The van der Waals surface area contributed by atoms with Crippen molar-refractivity contribution in [2.75, 3.05) is 0 Å². The van der Waals surface area contributed by atoms with E-state index in [9.17, 15) is 9.90 Å². The van der Waals surface area contributed by atoms with Crippen LogP contribution in [0.2, 0.25) is 0 Å². The highest BCUT2D eigenvalue weighted by Crippen LogP contribution is 2.41. The van der Waals surface area contributed by atoms with E-state index in [0.29, 0.717) is 16.7 Å². The monoisotopic (exact) mass is 220 g/mol. The summed E-state index contributed by atoms with van der Waals surface area (Å²) >= 11 is 0. The van der Waals surface area contributed by atoms with Crippen molar-refractivity contribution < 1.29 is 14.6 Å². The molecular weight excluding hydrogens is 204 g/mol. The highest BCUT2D eigenvalue weighted by molar-refractivity contribution is 6.06. The van der Waals surface area contributed by atoms with Crippen LogP contribution in [-0.2, 0) is 9.53 Å². The molecule has 3 nitrogen and oxygen atoms in total. The SMILES string of the molecule is CC1=C(C)C2(O)OC(C)(C)C=CC2=CC1=O. The summed E-state index contributed by atoms with van der Waals surface area (Å²) in [5, 5.41) is 10.5. The Balaban J connectivity index is 2.59. The first-order chi connectivity index (χ1) is 7.26. The molecular formula is C13H16O3. The average molecular weight is 220 g/mol. The van der Waals surface area contributed by atoms with E-state index in [4.69, 9.17) is 4.74 Å². The fraction of sp³-hybridized carbons (Fsp3) is 0.462. The molecule has 16 heavy (non-hydrogen) atoms. The van der Waals surface area contributed by atoms with Gasteiger partial charge in [0.05, 0.1) is 5.60 Å². The summed E-state index contributed by atoms with van der Waals surface area (Å²) in [5.41, 5.74) is 1.11. The number of fused-ring (bicyclic) bond motifs is 1. The molecule has 1 atom stereocenters. The van der Waals surface area contributed by atoms with Gasteiger partial charge in [-0.25, -0.2) is 0 Å². The van der Waals surface area contributed by atoms with Crippen molar-refractivity contribution in [3.8, 4) is 0 Å². The number of rotatable bonds is 0. The van der Waals surface area contributed by atoms with Crippen LogP contribution in [0.1, 0.15) is 27.7 Å². The molecule has 1 N–H and O–H groups in total. The molecule has 1 aliphatic carbocycles. The lowest BCUT2D eigenvalue weighted by Crippen LogP contribution is -2.47. The topological polar surface area (TPSA) is 46.5 Å². The lowest BCUT2D eigenvalue weighted by Gasteiger charge is -2.42. The molecule has 0 spiro atoms. The maximum Gasteiger partial charge on any atom is 0.217 e. The molecule has 0 bridgehead atoms. The summed E-state index contributed by atoms with van der Waals surface area (Å²) in [6.45, 7) is 7.18. The predicted molar refractivity (Wildman–Crippen MR) is 60.7 cm³/mol. The molecule has 1 unspecified atom stereocenters. The van der Waals surface area contributed by atoms with Gasteiger partial charge >= 0.3 is 0 Å². The van der Waals surface area contributed by atoms with E-state index >= 15 is 0 Å². The van der Waals surface area contributed by atoms with Gasteiger partial charge in [-0.05, 0) is 39.3 Å². The molecule has 1 heterocycles. The minimum Gasteiger partial charge on any atom is -0.358 e. The number of allylic oxidation sites excluding steroid dienone is 2. The van der Waals surface area contributed by atoms with Crippen LogP contribution in [0.4, 0.5) is 0 Å². The highest BCUT2D eigenvalue weighted by Gasteiger charge is 2.45. The fourth-order valence-electron chi connectivity index (χ4n) is 2.00. The quantitative estimate of drug-likeness (QED) is 0.678. The number of carbonyl (C=O) groups excluding carboxylic acids is 1. The largest absolute Gasteiger partial charge is 0.358 e. The van der Waals surface area contributed by atoms with E-state index in [1.165, 1.54) is 6.08 Å². The third-order valence-corrected chi connectivity index (χ3v) is 3.19. The van der Waals surface area contributed by atoms with Crippen molar-refractivity contribution in [3.05, 3.63) is 34.9 Å². The zero-order valence-electron chi connectivity index (χ0n) is 10.00. The Hall–Kier alpha value is -1.19. The molecule has 0 aromatic rings. The van der Waals surface area contributed by atoms with Gasteiger partial charge < -0.3 is 9.84 Å². The van der Waals surface area contributed by atoms with E-state index in [2.05, 4.69) is 0 Å². The summed E-state index contributed by atoms with van der Waals surface area (Å²) in [4.78, 5) is 11.6. The maximum atomic E-state index is 11.6. The summed E-state index contributed by atoms with van der Waals surface area (Å²) in [6.07, 6.45) is 5.04. The Morgan fingerprint density at radius 3 is 2.56 bits per heavy atom. The Labute approximate surface area is 95.1 Å². The van der Waals surface area contributed by atoms with Crippen LogP contribution in [0, 0.1) is 0 Å². The molecule has 1 aliphatic heterocycles. The van der Waals surface area contributed by atoms with Crippen LogP contribution in [0.5, 0.6) is 0 Å². The molecule has 2 aliphatic rings. The maximum absolute atomic E-state index is 11.6. The zero-order chi connectivity index (χ0) is 12.1. The first-order valence-corrected chi connectivity index (χ1v) is 5.32. The standard InChI is InChI=1S/C13H16O3/c1-8-9(2)13(15)10(7-11(8)14)5-6-12(3,4)16-13/h5-7,15H,1-4H3. The van der Waals surface area contributed by atoms with E-state index in [1.54, 1.807) is 19.9 Å². The molecule has 0 radical (unpaired) electrons. The number of hydrogen-bond acceptors (Lipinski definition) is 3. The van der Waals surface area contributed by atoms with Gasteiger partial charge in [-0.2, -0.15) is 0 Å². The summed E-state index contributed by atoms with van der Waals surface area (Å²) in [6, 6.07) is 0. The predicted octanol–water partition coefficient (Wildman–Crippen LogP) is 1.89. The van der Waals surface area contributed by atoms with Gasteiger partial charge in [0.15, 0.2) is 5.78 Å². The fourth-order valence-corrected chi connectivity index (χ4v) is 2.00. The Morgan fingerprint density at radius 2 is 1.94 bits per heavy atom. The normalized spacial score (nSPS) is 32.6. The molecule has 0 fully saturated rings. The second kappa shape index (κ2) is 3.15. The lowest BCUT2D eigenvalue weighted by molar-refractivity contribution is -0.200. The van der Waals surface area contributed by atoms with E-state index in [1.807, 2.05) is 19.9 Å². The van der Waals surface area contributed by atoms with Gasteiger partial charge in [0.25, 0.3) is 0 Å². The number of hydrogen-bond donors (Lipinski definition) is 1. The van der Waals surface area contributed by atoms with Crippen LogP contribution in [0.25, 0.3) is 0 Å². The third-order valence-electron chi connectivity index (χ3n) is 3.19. The first kappa shape index (κ1) is 11.3. The molecule has 0 amide bonds. The van der Waals surface area contributed by atoms with Crippen LogP contribution in [0.15, 0.2) is 34.9 Å². The van der Waals surface area contributed by atoms with Crippen molar-refractivity contribution in [2.45, 2.75) is 39.1 Å². The molecule has 0 saturated carbocycles. The number of ketones is 1. The van der Waals surface area contributed by atoms with Crippen LogP contribution < -0.4 is 0 Å². The van der Waals surface area contributed by atoms with Gasteiger partial charge in [0, 0.05) is 11.1 Å². The van der Waals surface area contributed by atoms with Crippen molar-refractivity contribution in [3.63, 3.8) is 0 Å². The van der Waals surface area contributed by atoms with Gasteiger partial charge in [-0.3, -0.25) is 4.79 Å². The van der Waals surface area contributed by atoms with E-state index in [-0.39, 0.29) is 5.78 Å². The first-order valence-electron chi connectivity index (χ1n) is 5.32. The van der Waals surface area contributed by atoms with Crippen LogP contribution >= 0.6 is 0 Å². The van der Waals surface area contributed by atoms with Gasteiger partial charge in [-0.1, -0.05) is 12.2 Å². The molecule has 86 valence electrons. The minimum atomic E-state index is -1.45. The lowest BCUT2D eigenvalue weighted by atomic mass is 9.83. The highest BCUT2D eigenvalue weighted by atomic mass is 16.6. The molecule has 0 aromatic carbocycles. The van der Waals surface area contributed by atoms with Gasteiger partial charge in [0.2, 0.25) is 5.79 Å². The number of carbonyl (C=O) groups is 1. The number of aliphatic hydroxyl groups is 1. The summed E-state index contributed by atoms with van der Waals surface area (Å²) in [7, 11) is 0. The van der Waals surface area contributed by atoms with Crippen molar-refractivity contribution in [1.29, 1.82) is 0 Å². The average Bonchev–Trinajstić information content (AvgIpc) is 2.17. The van der Waals surface area contributed by atoms with E-state index < -0.39 is 11.4 Å². The second-order valence-corrected chi connectivity index (χ2v) is 4.90. The van der Waals surface area contributed by atoms with Crippen molar-refractivity contribution >= 4 is 5.78 Å². The zero-order valence-corrected chi connectivity index (χ0v) is 10.00. The molecule has 3 heteroatoms. The summed E-state index contributed by atoms with van der Waals surface area (Å²) < 4.78 is 5.69.